The molecule has 0 aliphatic carbocycles. The van der Waals surface area contributed by atoms with Crippen LogP contribution in [0.15, 0.2) is 36.9 Å². The summed E-state index contributed by atoms with van der Waals surface area (Å²) in [5.74, 6) is 0.0853. The van der Waals surface area contributed by atoms with E-state index >= 15 is 0 Å². The lowest BCUT2D eigenvalue weighted by atomic mass is 10.3. The monoisotopic (exact) mass is 251 g/mol. The highest BCUT2D eigenvalue weighted by atomic mass is 19.1. The Hall–Kier alpha value is -1.84. The summed E-state index contributed by atoms with van der Waals surface area (Å²) in [5.41, 5.74) is 0. The van der Waals surface area contributed by atoms with Crippen LogP contribution in [0.5, 0.6) is 5.75 Å². The summed E-state index contributed by atoms with van der Waals surface area (Å²) in [4.78, 5) is 11.3. The molecule has 1 atom stereocenters. The molecule has 3 nitrogen and oxygen atoms in total. The van der Waals surface area contributed by atoms with Crippen molar-refractivity contribution in [2.75, 3.05) is 6.54 Å². The van der Waals surface area contributed by atoms with E-state index in [-0.39, 0.29) is 17.8 Å². The third-order valence-corrected chi connectivity index (χ3v) is 2.30. The molecule has 1 aromatic carbocycles. The molecule has 1 amide bonds. The first-order valence-electron chi connectivity index (χ1n) is 5.91. The van der Waals surface area contributed by atoms with Crippen LogP contribution in [0.4, 0.5) is 4.39 Å². The summed E-state index contributed by atoms with van der Waals surface area (Å²) in [6, 6.07) is 5.93. The van der Waals surface area contributed by atoms with Gasteiger partial charge in [-0.3, -0.25) is 4.79 Å². The second kappa shape index (κ2) is 7.48. The molecular weight excluding hydrogens is 233 g/mol. The van der Waals surface area contributed by atoms with Gasteiger partial charge in [-0.25, -0.2) is 4.39 Å². The van der Waals surface area contributed by atoms with E-state index in [1.165, 1.54) is 12.1 Å². The Balaban J connectivity index is 2.31. The van der Waals surface area contributed by atoms with Gasteiger partial charge in [-0.1, -0.05) is 12.1 Å². The summed E-state index contributed by atoms with van der Waals surface area (Å²) in [7, 11) is 0. The van der Waals surface area contributed by atoms with E-state index in [4.69, 9.17) is 4.74 Å². The van der Waals surface area contributed by atoms with Crippen molar-refractivity contribution in [3.8, 4) is 5.75 Å². The predicted molar refractivity (Wildman–Crippen MR) is 68.9 cm³/mol. The van der Waals surface area contributed by atoms with Gasteiger partial charge in [-0.05, 0) is 25.5 Å². The Bertz CT molecular complexity index is 407. The van der Waals surface area contributed by atoms with Gasteiger partial charge in [-0.2, -0.15) is 0 Å². The number of carbonyl (C=O) groups is 1. The van der Waals surface area contributed by atoms with Gasteiger partial charge in [0.05, 0.1) is 6.54 Å². The summed E-state index contributed by atoms with van der Waals surface area (Å²) >= 11 is 0. The molecule has 98 valence electrons. The molecule has 0 bridgehead atoms. The minimum Gasteiger partial charge on any atom is -0.489 e. The Morgan fingerprint density at radius 2 is 2.39 bits per heavy atom. The lowest BCUT2D eigenvalue weighted by Crippen LogP contribution is -2.33. The maximum absolute atomic E-state index is 12.9. The minimum atomic E-state index is -0.338. The van der Waals surface area contributed by atoms with Crippen molar-refractivity contribution in [2.24, 2.45) is 0 Å². The number of benzene rings is 1. The number of nitrogens with one attached hydrogen (secondary N) is 1. The third-order valence-electron chi connectivity index (χ3n) is 2.30. The van der Waals surface area contributed by atoms with Gasteiger partial charge in [0, 0.05) is 12.5 Å². The zero-order valence-electron chi connectivity index (χ0n) is 10.5. The second-order valence-electron chi connectivity index (χ2n) is 4.02. The maximum atomic E-state index is 12.9. The van der Waals surface area contributed by atoms with E-state index in [0.29, 0.717) is 25.1 Å². The van der Waals surface area contributed by atoms with Gasteiger partial charge in [0.1, 0.15) is 17.7 Å². The first kappa shape index (κ1) is 14.2. The molecule has 1 rings (SSSR count). The fourth-order valence-electron chi connectivity index (χ4n) is 1.39. The molecule has 0 unspecified atom stereocenters. The van der Waals surface area contributed by atoms with Crippen LogP contribution in [0.2, 0.25) is 0 Å². The van der Waals surface area contributed by atoms with Crippen LogP contribution in [0.3, 0.4) is 0 Å². The molecule has 0 heterocycles. The Morgan fingerprint density at radius 1 is 1.61 bits per heavy atom. The van der Waals surface area contributed by atoms with E-state index < -0.39 is 0 Å². The van der Waals surface area contributed by atoms with Gasteiger partial charge >= 0.3 is 0 Å². The number of halogens is 1. The van der Waals surface area contributed by atoms with Crippen molar-refractivity contribution in [3.63, 3.8) is 0 Å². The first-order valence-corrected chi connectivity index (χ1v) is 5.91. The van der Waals surface area contributed by atoms with Crippen molar-refractivity contribution in [1.29, 1.82) is 0 Å². The smallest absolute Gasteiger partial charge is 0.220 e. The zero-order valence-corrected chi connectivity index (χ0v) is 10.5. The molecule has 1 N–H and O–H groups in total. The van der Waals surface area contributed by atoms with Crippen LogP contribution >= 0.6 is 0 Å². The summed E-state index contributed by atoms with van der Waals surface area (Å²) in [6.45, 7) is 5.77. The lowest BCUT2D eigenvalue weighted by molar-refractivity contribution is -0.121. The highest BCUT2D eigenvalue weighted by Gasteiger charge is 2.06. The molecule has 0 aliphatic heterocycles. The second-order valence-corrected chi connectivity index (χ2v) is 4.02. The maximum Gasteiger partial charge on any atom is 0.220 e. The number of amides is 1. The molecular formula is C14H18FNO2. The fourth-order valence-corrected chi connectivity index (χ4v) is 1.39. The van der Waals surface area contributed by atoms with Crippen molar-refractivity contribution in [3.05, 3.63) is 42.7 Å². The number of rotatable bonds is 7. The van der Waals surface area contributed by atoms with Crippen LogP contribution < -0.4 is 10.1 Å². The minimum absolute atomic E-state index is 0.0374. The van der Waals surface area contributed by atoms with Gasteiger partial charge in [0.25, 0.3) is 0 Å². The van der Waals surface area contributed by atoms with Gasteiger partial charge in [0.2, 0.25) is 5.91 Å². The van der Waals surface area contributed by atoms with Crippen molar-refractivity contribution < 1.29 is 13.9 Å². The molecule has 0 aromatic heterocycles. The van der Waals surface area contributed by atoms with Crippen LogP contribution in [-0.2, 0) is 4.79 Å². The molecule has 0 spiro atoms. The predicted octanol–water partition coefficient (Wildman–Crippen LogP) is 2.68. The molecule has 0 saturated carbocycles. The van der Waals surface area contributed by atoms with Crippen LogP contribution in [0, 0.1) is 5.82 Å². The van der Waals surface area contributed by atoms with E-state index in [2.05, 4.69) is 11.9 Å². The van der Waals surface area contributed by atoms with E-state index in [9.17, 15) is 9.18 Å². The number of ether oxygens (including phenoxy) is 1. The average Bonchev–Trinajstić information content (AvgIpc) is 2.34. The van der Waals surface area contributed by atoms with E-state index in [1.54, 1.807) is 18.2 Å². The lowest BCUT2D eigenvalue weighted by Gasteiger charge is -2.15. The molecule has 0 radical (unpaired) electrons. The summed E-state index contributed by atoms with van der Waals surface area (Å²) < 4.78 is 18.4. The Labute approximate surface area is 107 Å². The van der Waals surface area contributed by atoms with Gasteiger partial charge in [-0.15, -0.1) is 6.58 Å². The van der Waals surface area contributed by atoms with Crippen molar-refractivity contribution in [1.82, 2.24) is 5.32 Å². The highest BCUT2D eigenvalue weighted by Crippen LogP contribution is 2.13. The zero-order chi connectivity index (χ0) is 13.4. The number of allylic oxidation sites excluding steroid dienone is 1. The van der Waals surface area contributed by atoms with E-state index in [0.717, 1.165) is 0 Å². The molecule has 0 aliphatic rings. The summed E-state index contributed by atoms with van der Waals surface area (Å²) in [5, 5.41) is 2.75. The number of hydrogen-bond acceptors (Lipinski definition) is 2. The van der Waals surface area contributed by atoms with Crippen LogP contribution in [-0.4, -0.2) is 18.6 Å². The Kier molecular flexibility index (Phi) is 5.91. The number of carbonyl (C=O) groups excluding carboxylic acids is 1. The quantitative estimate of drug-likeness (QED) is 0.757. The third kappa shape index (κ3) is 5.48. The van der Waals surface area contributed by atoms with Crippen LogP contribution in [0.25, 0.3) is 0 Å². The number of hydrogen-bond donors (Lipinski definition) is 1. The first-order chi connectivity index (χ1) is 8.61. The molecule has 1 aromatic rings. The van der Waals surface area contributed by atoms with Crippen LogP contribution in [0.1, 0.15) is 19.8 Å². The fraction of sp³-hybridized carbons (Fsp3) is 0.357. The Morgan fingerprint density at radius 3 is 3.06 bits per heavy atom. The van der Waals surface area contributed by atoms with Gasteiger partial charge in [0.15, 0.2) is 0 Å². The van der Waals surface area contributed by atoms with Gasteiger partial charge < -0.3 is 10.1 Å². The average molecular weight is 251 g/mol. The topological polar surface area (TPSA) is 38.3 Å². The van der Waals surface area contributed by atoms with Crippen molar-refractivity contribution in [2.45, 2.75) is 25.9 Å². The molecule has 4 heteroatoms. The summed E-state index contributed by atoms with van der Waals surface area (Å²) in [6.07, 6.45) is 2.58. The highest BCUT2D eigenvalue weighted by molar-refractivity contribution is 5.75. The SMILES string of the molecule is C=CCCC(=O)NC[C@H](C)Oc1cccc(F)c1. The van der Waals surface area contributed by atoms with E-state index in [1.807, 2.05) is 6.92 Å². The molecule has 18 heavy (non-hydrogen) atoms. The largest absolute Gasteiger partial charge is 0.489 e. The molecule has 0 fully saturated rings. The standard InChI is InChI=1S/C14H18FNO2/c1-3-4-8-14(17)16-10-11(2)18-13-7-5-6-12(15)9-13/h3,5-7,9,11H,1,4,8,10H2,2H3,(H,16,17)/t11-/m0/s1. The normalized spacial score (nSPS) is 11.7. The van der Waals surface area contributed by atoms with Crippen molar-refractivity contribution >= 4 is 5.91 Å². The molecule has 0 saturated heterocycles.